The van der Waals surface area contributed by atoms with Crippen molar-refractivity contribution in [2.45, 2.75) is 59.1 Å². The van der Waals surface area contributed by atoms with Crippen molar-refractivity contribution in [3.05, 3.63) is 12.4 Å². The lowest BCUT2D eigenvalue weighted by Gasteiger charge is -2.32. The van der Waals surface area contributed by atoms with Crippen LogP contribution in [0.1, 0.15) is 53.7 Å². The highest BCUT2D eigenvalue weighted by atomic mass is 16.7. The van der Waals surface area contributed by atoms with E-state index in [4.69, 9.17) is 21.6 Å². The van der Waals surface area contributed by atoms with E-state index in [-0.39, 0.29) is 5.46 Å². The van der Waals surface area contributed by atoms with Gasteiger partial charge in [-0.1, -0.05) is 13.7 Å². The van der Waals surface area contributed by atoms with Gasteiger partial charge >= 0.3 is 7.12 Å². The molecule has 1 saturated heterocycles. The zero-order chi connectivity index (χ0) is 21.3. The predicted octanol–water partition coefficient (Wildman–Crippen LogP) is 1.84. The Labute approximate surface area is 122 Å². The first kappa shape index (κ1) is 6.10. The molecule has 2 heterocycles. The first-order valence-corrected chi connectivity index (χ1v) is 5.69. The molecule has 1 aromatic rings. The molecule has 2 rings (SSSR count). The van der Waals surface area contributed by atoms with E-state index in [1.54, 1.807) is 0 Å². The van der Waals surface area contributed by atoms with Crippen LogP contribution in [0.25, 0.3) is 0 Å². The molecule has 1 aromatic heterocycles. The van der Waals surface area contributed by atoms with Crippen LogP contribution in [-0.4, -0.2) is 28.1 Å². The maximum Gasteiger partial charge on any atom is 0.498 e. The molecule has 0 spiro atoms. The zero-order valence-electron chi connectivity index (χ0n) is 19.9. The van der Waals surface area contributed by atoms with Gasteiger partial charge in [0.15, 0.2) is 0 Å². The van der Waals surface area contributed by atoms with Crippen LogP contribution in [0.4, 0.5) is 0 Å². The van der Waals surface area contributed by atoms with E-state index in [2.05, 4.69) is 5.10 Å². The lowest BCUT2D eigenvalue weighted by atomic mass is 9.82. The van der Waals surface area contributed by atoms with Crippen molar-refractivity contribution in [2.75, 3.05) is 0 Å². The molecule has 1 aliphatic rings. The number of rotatable bonds is 3. The normalized spacial score (nSPS) is 32.0. The zero-order valence-corrected chi connectivity index (χ0v) is 10.9. The molecule has 0 bridgehead atoms. The van der Waals surface area contributed by atoms with Gasteiger partial charge in [-0.2, -0.15) is 5.10 Å². The summed E-state index contributed by atoms with van der Waals surface area (Å²) in [6.45, 7) is -2.71. The van der Waals surface area contributed by atoms with Gasteiger partial charge in [0.2, 0.25) is 0 Å². The van der Waals surface area contributed by atoms with Crippen LogP contribution in [-0.2, 0) is 15.8 Å². The molecule has 0 aliphatic carbocycles. The summed E-state index contributed by atoms with van der Waals surface area (Å²) < 4.78 is 81.5. The van der Waals surface area contributed by atoms with Crippen LogP contribution >= 0.6 is 0 Å². The molecule has 5 heteroatoms. The lowest BCUT2D eigenvalue weighted by Crippen LogP contribution is -2.41. The molecule has 0 radical (unpaired) electrons. The molecule has 0 aromatic carbocycles. The van der Waals surface area contributed by atoms with E-state index in [9.17, 15) is 0 Å². The number of hydrogen-bond donors (Lipinski definition) is 0. The van der Waals surface area contributed by atoms with E-state index in [0.29, 0.717) is 4.68 Å². The Morgan fingerprint density at radius 2 is 2.06 bits per heavy atom. The summed E-state index contributed by atoms with van der Waals surface area (Å²) in [7, 11) is -0.889. The first-order chi connectivity index (χ1) is 11.8. The van der Waals surface area contributed by atoms with Gasteiger partial charge in [0.1, 0.15) is 0 Å². The molecule has 0 amide bonds. The summed E-state index contributed by atoms with van der Waals surface area (Å²) in [5.74, 6) is -3.44. The second-order valence-electron chi connectivity index (χ2n) is 5.29. The third kappa shape index (κ3) is 2.47. The average molecular weight is 259 g/mol. The standard InChI is InChI=1S/C13H23BN2O2/c1-10(2)8-16-9-11(7-15-16)14-17-12(3,4)13(5,6)18-14/h7,9-10H,8H2,1-6H3/i1D3,2D3,8D2,10D. The molecule has 4 nitrogen and oxygen atoms in total. The molecular weight excluding hydrogens is 227 g/mol. The molecular formula is C13H23BN2O2. The van der Waals surface area contributed by atoms with Gasteiger partial charge in [0.05, 0.1) is 13.9 Å². The van der Waals surface area contributed by atoms with Gasteiger partial charge in [-0.15, -0.1) is 0 Å². The monoisotopic (exact) mass is 259 g/mol. The summed E-state index contributed by atoms with van der Waals surface area (Å²) in [4.78, 5) is 0. The van der Waals surface area contributed by atoms with Crippen molar-refractivity contribution in [3.63, 3.8) is 0 Å². The summed E-state index contributed by atoms with van der Waals surface area (Å²) in [5, 5.41) is 3.78. The number of nitrogens with zero attached hydrogens (tertiary/aromatic N) is 2. The maximum atomic E-state index is 8.15. The highest BCUT2D eigenvalue weighted by Gasteiger charge is 2.52. The molecule has 0 unspecified atom stereocenters. The van der Waals surface area contributed by atoms with E-state index in [1.807, 2.05) is 27.7 Å². The highest BCUT2D eigenvalue weighted by Crippen LogP contribution is 2.36. The topological polar surface area (TPSA) is 36.3 Å². The Morgan fingerprint density at radius 1 is 1.44 bits per heavy atom. The quantitative estimate of drug-likeness (QED) is 0.777. The Bertz CT molecular complexity index is 681. The van der Waals surface area contributed by atoms with Crippen molar-refractivity contribution in [1.82, 2.24) is 9.78 Å². The van der Waals surface area contributed by atoms with E-state index in [0.717, 1.165) is 6.20 Å². The maximum absolute atomic E-state index is 8.15. The van der Waals surface area contributed by atoms with Crippen LogP contribution in [0.2, 0.25) is 0 Å². The minimum Gasteiger partial charge on any atom is -0.399 e. The molecule has 1 aliphatic heterocycles. The Hall–Kier alpha value is -0.805. The molecule has 0 N–H and O–H groups in total. The van der Waals surface area contributed by atoms with Crippen molar-refractivity contribution >= 4 is 12.6 Å². The fourth-order valence-electron chi connectivity index (χ4n) is 1.61. The van der Waals surface area contributed by atoms with Gasteiger partial charge in [-0.3, -0.25) is 4.68 Å². The minimum atomic E-state index is -3.44. The summed E-state index contributed by atoms with van der Waals surface area (Å²) in [6.07, 6.45) is 2.32. The number of aromatic nitrogens is 2. The summed E-state index contributed by atoms with van der Waals surface area (Å²) in [6, 6.07) is 0. The van der Waals surface area contributed by atoms with Crippen LogP contribution in [0.15, 0.2) is 12.4 Å². The number of hydrogen-bond acceptors (Lipinski definition) is 3. The lowest BCUT2D eigenvalue weighted by molar-refractivity contribution is 0.00578. The molecule has 100 valence electrons. The van der Waals surface area contributed by atoms with Gasteiger partial charge in [0.25, 0.3) is 0 Å². The Kier molecular flexibility index (Phi) is 1.49. The van der Waals surface area contributed by atoms with Crippen LogP contribution in [0.5, 0.6) is 0 Å². The predicted molar refractivity (Wildman–Crippen MR) is 72.8 cm³/mol. The van der Waals surface area contributed by atoms with E-state index < -0.39 is 44.4 Å². The van der Waals surface area contributed by atoms with E-state index in [1.165, 1.54) is 6.20 Å². The molecule has 0 saturated carbocycles. The van der Waals surface area contributed by atoms with Crippen LogP contribution in [0, 0.1) is 5.89 Å². The van der Waals surface area contributed by atoms with Crippen LogP contribution in [0.3, 0.4) is 0 Å². The second-order valence-corrected chi connectivity index (χ2v) is 5.29. The van der Waals surface area contributed by atoms with Gasteiger partial charge in [-0.25, -0.2) is 0 Å². The minimum absolute atomic E-state index is 0.288. The summed E-state index contributed by atoms with van der Waals surface area (Å²) in [5.41, 5.74) is -1.03. The fourth-order valence-corrected chi connectivity index (χ4v) is 1.61. The Morgan fingerprint density at radius 3 is 2.61 bits per heavy atom. The van der Waals surface area contributed by atoms with Crippen molar-refractivity contribution in [2.24, 2.45) is 5.89 Å². The van der Waals surface area contributed by atoms with E-state index >= 15 is 0 Å². The molecule has 1 fully saturated rings. The Balaban J connectivity index is 2.45. The van der Waals surface area contributed by atoms with Crippen molar-refractivity contribution in [1.29, 1.82) is 0 Å². The van der Waals surface area contributed by atoms with Gasteiger partial charge in [-0.05, 0) is 33.6 Å². The van der Waals surface area contributed by atoms with Crippen molar-refractivity contribution < 1.29 is 21.6 Å². The smallest absolute Gasteiger partial charge is 0.399 e. The van der Waals surface area contributed by atoms with Gasteiger partial charge < -0.3 is 9.31 Å². The average Bonchev–Trinajstić information content (AvgIpc) is 2.99. The third-order valence-electron chi connectivity index (χ3n) is 3.35. The first-order valence-electron chi connectivity index (χ1n) is 10.2. The largest absolute Gasteiger partial charge is 0.498 e. The molecule has 0 atom stereocenters. The SMILES string of the molecule is [2H]C([2H])([2H])C([2H])(C([2H])([2H])[2H])C([2H])([2H])n1cc(B2OC(C)(C)C(C)(C)O2)cn1. The van der Waals surface area contributed by atoms with Crippen LogP contribution < -0.4 is 5.46 Å². The molecule has 18 heavy (non-hydrogen) atoms. The fraction of sp³-hybridized carbons (Fsp3) is 0.769. The summed E-state index contributed by atoms with van der Waals surface area (Å²) >= 11 is 0. The van der Waals surface area contributed by atoms with Crippen molar-refractivity contribution in [3.8, 4) is 0 Å². The van der Waals surface area contributed by atoms with Gasteiger partial charge in [0, 0.05) is 33.9 Å². The highest BCUT2D eigenvalue weighted by molar-refractivity contribution is 6.61. The third-order valence-corrected chi connectivity index (χ3v) is 3.35. The second kappa shape index (κ2) is 4.39.